The van der Waals surface area contributed by atoms with Crippen LogP contribution < -0.4 is 0 Å². The monoisotopic (exact) mass is 388 g/mol. The molecule has 1 aromatic rings. The van der Waals surface area contributed by atoms with Gasteiger partial charge in [-0.3, -0.25) is 4.57 Å². The van der Waals surface area contributed by atoms with E-state index >= 15 is 0 Å². The van der Waals surface area contributed by atoms with Gasteiger partial charge in [0.05, 0.1) is 0 Å². The number of halogens is 1. The average molecular weight is 388 g/mol. The average Bonchev–Trinajstić information content (AvgIpc) is 2.50. The summed E-state index contributed by atoms with van der Waals surface area (Å²) in [4.78, 5) is 45.1. The topological polar surface area (TPSA) is 118 Å². The van der Waals surface area contributed by atoms with Crippen LogP contribution in [0.3, 0.4) is 0 Å². The molecule has 26 heavy (non-hydrogen) atoms. The normalized spacial score (nSPS) is 17.2. The molecule has 0 saturated carbocycles. The summed E-state index contributed by atoms with van der Waals surface area (Å²) in [6, 6.07) is 1.96. The lowest BCUT2D eigenvalue weighted by Gasteiger charge is -2.38. The Kier molecular flexibility index (Phi) is 6.05. The lowest BCUT2D eigenvalue weighted by molar-refractivity contribution is -0.142. The minimum absolute atomic E-state index is 0.0683. The second kappa shape index (κ2) is 7.73. The molecule has 1 aliphatic rings. The Morgan fingerprint density at radius 2 is 2.00 bits per heavy atom. The summed E-state index contributed by atoms with van der Waals surface area (Å²) >= 11 is 0. The van der Waals surface area contributed by atoms with Crippen molar-refractivity contribution in [2.24, 2.45) is 5.92 Å². The van der Waals surface area contributed by atoms with E-state index in [-0.39, 0.29) is 25.4 Å². The number of urea groups is 1. The fourth-order valence-corrected chi connectivity index (χ4v) is 3.69. The summed E-state index contributed by atoms with van der Waals surface area (Å²) in [5, 5.41) is 9.49. The van der Waals surface area contributed by atoms with Crippen LogP contribution in [0.15, 0.2) is 18.2 Å². The Morgan fingerprint density at radius 3 is 2.54 bits per heavy atom. The first-order valence-corrected chi connectivity index (χ1v) is 9.88. The molecule has 3 N–H and O–H groups in total. The predicted octanol–water partition coefficient (Wildman–Crippen LogP) is 1.85. The molecule has 1 atom stereocenters. The number of carbonyl (C=O) groups excluding carboxylic acids is 1. The third kappa shape index (κ3) is 5.03. The molecule has 1 heterocycles. The third-order valence-electron chi connectivity index (χ3n) is 4.04. The van der Waals surface area contributed by atoms with Crippen LogP contribution in [0.2, 0.25) is 0 Å². The van der Waals surface area contributed by atoms with Crippen molar-refractivity contribution in [3.8, 4) is 0 Å². The van der Waals surface area contributed by atoms with Crippen molar-refractivity contribution in [1.82, 2.24) is 9.80 Å². The van der Waals surface area contributed by atoms with E-state index in [9.17, 15) is 33.4 Å². The van der Waals surface area contributed by atoms with Crippen molar-refractivity contribution < 1.29 is 33.4 Å². The van der Waals surface area contributed by atoms with Crippen molar-refractivity contribution in [3.05, 3.63) is 35.1 Å². The Morgan fingerprint density at radius 1 is 1.35 bits per heavy atom. The summed E-state index contributed by atoms with van der Waals surface area (Å²) < 4.78 is 24.8. The summed E-state index contributed by atoms with van der Waals surface area (Å²) in [6.07, 6.45) is -0.858. The number of hydrogen-bond acceptors (Lipinski definition) is 3. The van der Waals surface area contributed by atoms with Crippen LogP contribution in [0, 0.1) is 11.7 Å². The molecule has 2 rings (SSSR count). The highest BCUT2D eigenvalue weighted by atomic mass is 31.2. The van der Waals surface area contributed by atoms with Crippen molar-refractivity contribution >= 4 is 19.6 Å². The summed E-state index contributed by atoms with van der Waals surface area (Å²) in [7, 11) is -4.52. The third-order valence-corrected chi connectivity index (χ3v) is 4.75. The minimum Gasteiger partial charge on any atom is -0.480 e. The van der Waals surface area contributed by atoms with Crippen LogP contribution in [0.25, 0.3) is 0 Å². The van der Waals surface area contributed by atoms with E-state index in [1.54, 1.807) is 13.8 Å². The zero-order valence-electron chi connectivity index (χ0n) is 14.5. The largest absolute Gasteiger partial charge is 0.480 e. The van der Waals surface area contributed by atoms with Gasteiger partial charge >= 0.3 is 19.6 Å². The molecular weight excluding hydrogens is 366 g/mol. The van der Waals surface area contributed by atoms with E-state index in [1.807, 2.05) is 0 Å². The highest BCUT2D eigenvalue weighted by molar-refractivity contribution is 7.51. The molecule has 0 aliphatic carbocycles. The summed E-state index contributed by atoms with van der Waals surface area (Å²) in [5.74, 6) is -1.82. The second-order valence-electron chi connectivity index (χ2n) is 6.80. The van der Waals surface area contributed by atoms with Crippen molar-refractivity contribution in [2.45, 2.75) is 32.9 Å². The van der Waals surface area contributed by atoms with Gasteiger partial charge in [-0.15, -0.1) is 0 Å². The molecule has 0 radical (unpaired) electrons. The zero-order chi connectivity index (χ0) is 19.6. The minimum atomic E-state index is -4.52. The van der Waals surface area contributed by atoms with E-state index in [4.69, 9.17) is 0 Å². The molecule has 0 spiro atoms. The van der Waals surface area contributed by atoms with Crippen LogP contribution in [0.5, 0.6) is 0 Å². The van der Waals surface area contributed by atoms with Crippen molar-refractivity contribution in [2.75, 3.05) is 12.8 Å². The van der Waals surface area contributed by atoms with Crippen molar-refractivity contribution in [3.63, 3.8) is 0 Å². The molecule has 0 bridgehead atoms. The van der Waals surface area contributed by atoms with Crippen molar-refractivity contribution in [1.29, 1.82) is 0 Å². The van der Waals surface area contributed by atoms with Gasteiger partial charge in [-0.05, 0) is 29.2 Å². The number of carbonyl (C=O) groups is 2. The first kappa shape index (κ1) is 20.4. The fourth-order valence-electron chi connectivity index (χ4n) is 3.01. The highest BCUT2D eigenvalue weighted by Crippen LogP contribution is 2.36. The number of hydrogen-bond donors (Lipinski definition) is 3. The van der Waals surface area contributed by atoms with Gasteiger partial charge in [0.25, 0.3) is 0 Å². The molecule has 0 saturated heterocycles. The van der Waals surface area contributed by atoms with Gasteiger partial charge in [-0.2, -0.15) is 0 Å². The van der Waals surface area contributed by atoms with Crippen LogP contribution in [0.1, 0.15) is 25.0 Å². The van der Waals surface area contributed by atoms with Gasteiger partial charge < -0.3 is 24.7 Å². The Balaban J connectivity index is 2.34. The van der Waals surface area contributed by atoms with Gasteiger partial charge in [0.1, 0.15) is 18.1 Å². The quantitative estimate of drug-likeness (QED) is 0.663. The maximum Gasteiger partial charge on any atom is 0.344 e. The van der Waals surface area contributed by atoms with Gasteiger partial charge in [0.2, 0.25) is 0 Å². The SMILES string of the molecule is CC(C)CN(CP(=O)(O)O)C(=O)N1Cc2ccc(F)cc2CC1C(=O)O. The molecule has 1 aromatic carbocycles. The summed E-state index contributed by atoms with van der Waals surface area (Å²) in [5.41, 5.74) is 1.12. The first-order valence-electron chi connectivity index (χ1n) is 8.08. The molecule has 2 amide bonds. The second-order valence-corrected chi connectivity index (χ2v) is 8.42. The molecule has 1 aliphatic heterocycles. The van der Waals surface area contributed by atoms with E-state index < -0.39 is 37.7 Å². The van der Waals surface area contributed by atoms with E-state index in [0.717, 1.165) is 9.80 Å². The van der Waals surface area contributed by atoms with E-state index in [0.29, 0.717) is 11.1 Å². The number of carboxylic acid groups (broad SMARTS) is 1. The van der Waals surface area contributed by atoms with Crippen LogP contribution in [-0.4, -0.2) is 55.6 Å². The van der Waals surface area contributed by atoms with Gasteiger partial charge in [0.15, 0.2) is 0 Å². The number of fused-ring (bicyclic) bond motifs is 1. The first-order chi connectivity index (χ1) is 12.0. The lowest BCUT2D eigenvalue weighted by atomic mass is 9.94. The zero-order valence-corrected chi connectivity index (χ0v) is 15.4. The molecule has 8 nitrogen and oxygen atoms in total. The number of benzene rings is 1. The maximum atomic E-state index is 13.4. The molecular formula is C16H22FN2O6P. The Labute approximate surface area is 150 Å². The van der Waals surface area contributed by atoms with Crippen LogP contribution >= 0.6 is 7.60 Å². The number of nitrogens with zero attached hydrogens (tertiary/aromatic N) is 2. The van der Waals surface area contributed by atoms with Gasteiger partial charge in [-0.25, -0.2) is 14.0 Å². The molecule has 1 unspecified atom stereocenters. The number of carboxylic acids is 1. The predicted molar refractivity (Wildman–Crippen MR) is 90.9 cm³/mol. The molecule has 0 fully saturated rings. The van der Waals surface area contributed by atoms with Gasteiger partial charge in [-0.1, -0.05) is 19.9 Å². The Bertz CT molecular complexity index is 750. The fraction of sp³-hybridized carbons (Fsp3) is 0.500. The highest BCUT2D eigenvalue weighted by Gasteiger charge is 2.38. The van der Waals surface area contributed by atoms with Gasteiger partial charge in [0, 0.05) is 19.5 Å². The summed E-state index contributed by atoms with van der Waals surface area (Å²) in [6.45, 7) is 3.57. The number of rotatable bonds is 5. The number of aliphatic carboxylic acids is 1. The Hall–Kier alpha value is -1.96. The van der Waals surface area contributed by atoms with Crippen LogP contribution in [-0.2, 0) is 22.3 Å². The molecule has 10 heteroatoms. The number of amides is 2. The molecule has 144 valence electrons. The smallest absolute Gasteiger partial charge is 0.344 e. The lowest BCUT2D eigenvalue weighted by Crippen LogP contribution is -2.54. The standard InChI is InChI=1S/C16H22FN2O6P/c1-10(2)7-18(9-26(23,24)25)16(22)19-8-11-3-4-13(17)5-12(11)6-14(19)15(20)21/h3-5,10,14H,6-9H2,1-2H3,(H,20,21)(H2,23,24,25). The van der Waals surface area contributed by atoms with E-state index in [2.05, 4.69) is 0 Å². The molecule has 0 aromatic heterocycles. The van der Waals surface area contributed by atoms with E-state index in [1.165, 1.54) is 18.2 Å². The van der Waals surface area contributed by atoms with Crippen LogP contribution in [0.4, 0.5) is 9.18 Å². The maximum absolute atomic E-state index is 13.4.